The average Bonchev–Trinajstić information content (AvgIpc) is 2.39. The molecule has 0 bridgehead atoms. The summed E-state index contributed by atoms with van der Waals surface area (Å²) in [4.78, 5) is 17.6. The zero-order chi connectivity index (χ0) is 12.3. The predicted molar refractivity (Wildman–Crippen MR) is 67.0 cm³/mol. The first-order chi connectivity index (χ1) is 8.20. The molecule has 1 fully saturated rings. The number of amides is 1. The van der Waals surface area contributed by atoms with E-state index in [-0.39, 0.29) is 0 Å². The van der Waals surface area contributed by atoms with Crippen LogP contribution in [-0.2, 0) is 0 Å². The van der Waals surface area contributed by atoms with Gasteiger partial charge in [-0.1, -0.05) is 6.07 Å². The molecule has 1 unspecified atom stereocenters. The Bertz CT molecular complexity index is 407. The van der Waals surface area contributed by atoms with Crippen LogP contribution in [-0.4, -0.2) is 37.1 Å². The number of nitrogens with one attached hydrogen (secondary N) is 1. The molecule has 3 N–H and O–H groups in total. The van der Waals surface area contributed by atoms with Gasteiger partial charge in [-0.15, -0.1) is 0 Å². The fourth-order valence-electron chi connectivity index (χ4n) is 2.16. The molecule has 2 rings (SSSR count). The third-order valence-corrected chi connectivity index (χ3v) is 3.14. The third-order valence-electron chi connectivity index (χ3n) is 3.14. The van der Waals surface area contributed by atoms with Crippen molar-refractivity contribution in [1.29, 1.82) is 0 Å². The van der Waals surface area contributed by atoms with Gasteiger partial charge in [-0.2, -0.15) is 0 Å². The highest BCUT2D eigenvalue weighted by Crippen LogP contribution is 2.17. The van der Waals surface area contributed by atoms with Crippen LogP contribution in [0.4, 0.5) is 5.82 Å². The summed E-state index contributed by atoms with van der Waals surface area (Å²) in [5.74, 6) is 0.357. The maximum absolute atomic E-state index is 11.1. The number of nitrogens with zero attached hydrogens (tertiary/aromatic N) is 2. The molecular weight excluding hydrogens is 216 g/mol. The van der Waals surface area contributed by atoms with Crippen molar-refractivity contribution < 1.29 is 4.79 Å². The normalized spacial score (nSPS) is 20.3. The lowest BCUT2D eigenvalue weighted by molar-refractivity contribution is 0.0995. The molecule has 0 saturated carbocycles. The average molecular weight is 234 g/mol. The van der Waals surface area contributed by atoms with Crippen molar-refractivity contribution in [3.8, 4) is 0 Å². The molecule has 17 heavy (non-hydrogen) atoms. The highest BCUT2D eigenvalue weighted by Gasteiger charge is 2.19. The van der Waals surface area contributed by atoms with E-state index in [0.29, 0.717) is 11.7 Å². The van der Waals surface area contributed by atoms with Gasteiger partial charge in [0.15, 0.2) is 0 Å². The Kier molecular flexibility index (Phi) is 3.58. The molecule has 1 amide bonds. The molecule has 0 aromatic carbocycles. The van der Waals surface area contributed by atoms with Crippen molar-refractivity contribution in [3.05, 3.63) is 23.9 Å². The molecule has 1 aromatic rings. The molecule has 92 valence electrons. The number of hydrogen-bond donors (Lipinski definition) is 2. The standard InChI is InChI=1S/C12H18N4O/c1-14-9-4-3-7-16(8-9)11-6-2-5-10(15-11)12(13)17/h2,5-6,9,14H,3-4,7-8H2,1H3,(H2,13,17). The number of pyridine rings is 1. The lowest BCUT2D eigenvalue weighted by Crippen LogP contribution is -2.44. The number of hydrogen-bond acceptors (Lipinski definition) is 4. The monoisotopic (exact) mass is 234 g/mol. The molecule has 1 atom stereocenters. The molecule has 2 heterocycles. The number of anilines is 1. The van der Waals surface area contributed by atoms with Crippen molar-refractivity contribution in [2.75, 3.05) is 25.0 Å². The van der Waals surface area contributed by atoms with Crippen molar-refractivity contribution in [2.24, 2.45) is 5.73 Å². The quantitative estimate of drug-likeness (QED) is 0.792. The topological polar surface area (TPSA) is 71.2 Å². The largest absolute Gasteiger partial charge is 0.364 e. The summed E-state index contributed by atoms with van der Waals surface area (Å²) in [7, 11) is 1.97. The zero-order valence-electron chi connectivity index (χ0n) is 10.0. The molecule has 1 aliphatic rings. The van der Waals surface area contributed by atoms with Gasteiger partial charge in [0.2, 0.25) is 0 Å². The Morgan fingerprint density at radius 2 is 2.41 bits per heavy atom. The van der Waals surface area contributed by atoms with Crippen molar-refractivity contribution in [2.45, 2.75) is 18.9 Å². The lowest BCUT2D eigenvalue weighted by Gasteiger charge is -2.33. The zero-order valence-corrected chi connectivity index (χ0v) is 10.0. The third kappa shape index (κ3) is 2.74. The SMILES string of the molecule is CNC1CCCN(c2cccc(C(N)=O)n2)C1. The minimum absolute atomic E-state index is 0.328. The number of primary amides is 1. The molecule has 5 heteroatoms. The van der Waals surface area contributed by atoms with Gasteiger partial charge in [-0.05, 0) is 32.0 Å². The van der Waals surface area contributed by atoms with Crippen LogP contribution in [0.25, 0.3) is 0 Å². The van der Waals surface area contributed by atoms with Crippen LogP contribution >= 0.6 is 0 Å². The predicted octanol–water partition coefficient (Wildman–Crippen LogP) is 0.369. The maximum Gasteiger partial charge on any atom is 0.267 e. The van der Waals surface area contributed by atoms with Crippen molar-refractivity contribution >= 4 is 11.7 Å². The van der Waals surface area contributed by atoms with E-state index in [9.17, 15) is 4.79 Å². The number of nitrogens with two attached hydrogens (primary N) is 1. The molecule has 0 aliphatic carbocycles. The fraction of sp³-hybridized carbons (Fsp3) is 0.500. The summed E-state index contributed by atoms with van der Waals surface area (Å²) in [6, 6.07) is 5.88. The van der Waals surface area contributed by atoms with E-state index in [4.69, 9.17) is 5.73 Å². The summed E-state index contributed by atoms with van der Waals surface area (Å²) in [5, 5.41) is 3.28. The summed E-state index contributed by atoms with van der Waals surface area (Å²) >= 11 is 0. The van der Waals surface area contributed by atoms with Crippen LogP contribution in [0, 0.1) is 0 Å². The Balaban J connectivity index is 2.16. The van der Waals surface area contributed by atoms with Crippen LogP contribution in [0.15, 0.2) is 18.2 Å². The first-order valence-corrected chi connectivity index (χ1v) is 5.90. The van der Waals surface area contributed by atoms with Gasteiger partial charge < -0.3 is 16.0 Å². The van der Waals surface area contributed by atoms with Crippen LogP contribution < -0.4 is 16.0 Å². The van der Waals surface area contributed by atoms with Gasteiger partial charge in [0.25, 0.3) is 5.91 Å². The first-order valence-electron chi connectivity index (χ1n) is 5.90. The van der Waals surface area contributed by atoms with E-state index < -0.39 is 5.91 Å². The lowest BCUT2D eigenvalue weighted by atomic mass is 10.1. The summed E-state index contributed by atoms with van der Waals surface area (Å²) in [5.41, 5.74) is 5.56. The molecule has 1 aliphatic heterocycles. The number of aromatic nitrogens is 1. The molecule has 5 nitrogen and oxygen atoms in total. The number of carbonyl (C=O) groups is 1. The van der Waals surface area contributed by atoms with Gasteiger partial charge in [0.05, 0.1) is 0 Å². The van der Waals surface area contributed by atoms with Crippen molar-refractivity contribution in [1.82, 2.24) is 10.3 Å². The highest BCUT2D eigenvalue weighted by atomic mass is 16.1. The first kappa shape index (κ1) is 11.9. The van der Waals surface area contributed by atoms with Crippen LogP contribution in [0.5, 0.6) is 0 Å². The minimum atomic E-state index is -0.478. The van der Waals surface area contributed by atoms with Crippen LogP contribution in [0.2, 0.25) is 0 Å². The second-order valence-corrected chi connectivity index (χ2v) is 4.32. The van der Waals surface area contributed by atoms with Gasteiger partial charge in [-0.3, -0.25) is 4.79 Å². The van der Waals surface area contributed by atoms with Crippen LogP contribution in [0.3, 0.4) is 0 Å². The second kappa shape index (κ2) is 5.14. The number of likely N-dealkylation sites (N-methyl/N-ethyl adjacent to an activating group) is 1. The van der Waals surface area contributed by atoms with E-state index >= 15 is 0 Å². The van der Waals surface area contributed by atoms with Gasteiger partial charge in [0, 0.05) is 19.1 Å². The smallest absolute Gasteiger partial charge is 0.267 e. The number of piperidine rings is 1. The molecule has 1 aromatic heterocycles. The van der Waals surface area contributed by atoms with E-state index in [0.717, 1.165) is 25.3 Å². The number of rotatable bonds is 3. The van der Waals surface area contributed by atoms with E-state index in [2.05, 4.69) is 15.2 Å². The molecule has 1 saturated heterocycles. The number of carbonyl (C=O) groups excluding carboxylic acids is 1. The van der Waals surface area contributed by atoms with Gasteiger partial charge in [-0.25, -0.2) is 4.98 Å². The molecular formula is C12H18N4O. The fourth-order valence-corrected chi connectivity index (χ4v) is 2.16. The van der Waals surface area contributed by atoms with Gasteiger partial charge >= 0.3 is 0 Å². The van der Waals surface area contributed by atoms with E-state index in [1.165, 1.54) is 6.42 Å². The van der Waals surface area contributed by atoms with E-state index in [1.807, 2.05) is 19.2 Å². The van der Waals surface area contributed by atoms with Crippen molar-refractivity contribution in [3.63, 3.8) is 0 Å². The van der Waals surface area contributed by atoms with Gasteiger partial charge in [0.1, 0.15) is 11.5 Å². The summed E-state index contributed by atoms with van der Waals surface area (Å²) in [6.45, 7) is 1.90. The Hall–Kier alpha value is -1.62. The van der Waals surface area contributed by atoms with E-state index in [1.54, 1.807) is 6.07 Å². The minimum Gasteiger partial charge on any atom is -0.364 e. The Morgan fingerprint density at radius 3 is 3.12 bits per heavy atom. The second-order valence-electron chi connectivity index (χ2n) is 4.32. The highest BCUT2D eigenvalue weighted by molar-refractivity contribution is 5.91. The Labute approximate surface area is 101 Å². The van der Waals surface area contributed by atoms with Crippen LogP contribution in [0.1, 0.15) is 23.3 Å². The molecule has 0 radical (unpaired) electrons. The summed E-state index contributed by atoms with van der Waals surface area (Å²) in [6.07, 6.45) is 2.32. The summed E-state index contributed by atoms with van der Waals surface area (Å²) < 4.78 is 0. The maximum atomic E-state index is 11.1. The molecule has 0 spiro atoms. The Morgan fingerprint density at radius 1 is 1.59 bits per heavy atom.